The molecule has 0 spiro atoms. The van der Waals surface area contributed by atoms with Crippen molar-refractivity contribution in [1.82, 2.24) is 20.2 Å². The zero-order valence-electron chi connectivity index (χ0n) is 18.1. The van der Waals surface area contributed by atoms with Crippen molar-refractivity contribution in [3.8, 4) is 22.9 Å². The summed E-state index contributed by atoms with van der Waals surface area (Å²) in [7, 11) is 1.59. The molecule has 2 aromatic carbocycles. The van der Waals surface area contributed by atoms with Crippen LogP contribution in [0.2, 0.25) is 0 Å². The average Bonchev–Trinajstić information content (AvgIpc) is 3.32. The summed E-state index contributed by atoms with van der Waals surface area (Å²) < 4.78 is 11.4. The number of hydrogen-bond donors (Lipinski definition) is 1. The van der Waals surface area contributed by atoms with E-state index in [0.717, 1.165) is 36.6 Å². The first-order valence-corrected chi connectivity index (χ1v) is 11.0. The van der Waals surface area contributed by atoms with Gasteiger partial charge in [0.25, 0.3) is 5.91 Å². The van der Waals surface area contributed by atoms with Crippen molar-refractivity contribution in [3.05, 3.63) is 71.5 Å². The number of amides is 1. The standard InChI is InChI=1S/C25H26N4O3/c1-26-25(30)20-14-27-24(28-15-20)18-6-4-17(5-7-18)16-29-10-2-3-21(29)19-8-9-22-23(13-19)32-12-11-31-22/h4-9,13-15,21H,2-3,10-12,16H2,1H3,(H,26,30)/t21-/m1/s1. The van der Waals surface area contributed by atoms with Gasteiger partial charge >= 0.3 is 0 Å². The second kappa shape index (κ2) is 8.96. The molecule has 164 valence electrons. The van der Waals surface area contributed by atoms with Crippen LogP contribution in [0.25, 0.3) is 11.4 Å². The van der Waals surface area contributed by atoms with Crippen LogP contribution in [0.5, 0.6) is 11.5 Å². The molecule has 0 aliphatic carbocycles. The maximum absolute atomic E-state index is 11.7. The highest BCUT2D eigenvalue weighted by Gasteiger charge is 2.27. The molecule has 1 N–H and O–H groups in total. The molecular weight excluding hydrogens is 404 g/mol. The van der Waals surface area contributed by atoms with E-state index >= 15 is 0 Å². The van der Waals surface area contributed by atoms with E-state index in [1.165, 1.54) is 17.5 Å². The van der Waals surface area contributed by atoms with Gasteiger partial charge in [0, 0.05) is 37.6 Å². The molecular formula is C25H26N4O3. The molecule has 7 nitrogen and oxygen atoms in total. The molecule has 0 bridgehead atoms. The number of ether oxygens (including phenoxy) is 2. The number of nitrogens with zero attached hydrogens (tertiary/aromatic N) is 3. The number of rotatable bonds is 5. The Kier molecular flexibility index (Phi) is 5.73. The summed E-state index contributed by atoms with van der Waals surface area (Å²) in [5.74, 6) is 2.11. The van der Waals surface area contributed by atoms with E-state index in [4.69, 9.17) is 9.47 Å². The number of aromatic nitrogens is 2. The van der Waals surface area contributed by atoms with Crippen LogP contribution in [0.3, 0.4) is 0 Å². The summed E-state index contributed by atoms with van der Waals surface area (Å²) >= 11 is 0. The van der Waals surface area contributed by atoms with Crippen molar-refractivity contribution in [3.63, 3.8) is 0 Å². The molecule has 1 aromatic heterocycles. The monoisotopic (exact) mass is 430 g/mol. The molecule has 0 unspecified atom stereocenters. The lowest BCUT2D eigenvalue weighted by Crippen LogP contribution is -2.23. The van der Waals surface area contributed by atoms with E-state index in [2.05, 4.69) is 44.5 Å². The van der Waals surface area contributed by atoms with Crippen LogP contribution in [0.1, 0.15) is 40.4 Å². The minimum absolute atomic E-state index is 0.190. The van der Waals surface area contributed by atoms with Crippen molar-refractivity contribution < 1.29 is 14.3 Å². The van der Waals surface area contributed by atoms with Gasteiger partial charge in [0.05, 0.1) is 5.56 Å². The van der Waals surface area contributed by atoms with E-state index in [1.807, 2.05) is 18.2 Å². The minimum atomic E-state index is -0.190. The van der Waals surface area contributed by atoms with Crippen molar-refractivity contribution in [2.24, 2.45) is 0 Å². The number of fused-ring (bicyclic) bond motifs is 1. The molecule has 3 aromatic rings. The summed E-state index contributed by atoms with van der Waals surface area (Å²) in [6, 6.07) is 15.1. The molecule has 1 saturated heterocycles. The Labute approximate surface area is 187 Å². The Balaban J connectivity index is 1.28. The number of carbonyl (C=O) groups is 1. The van der Waals surface area contributed by atoms with Crippen LogP contribution in [0.15, 0.2) is 54.9 Å². The van der Waals surface area contributed by atoms with Crippen molar-refractivity contribution in [2.75, 3.05) is 26.8 Å². The van der Waals surface area contributed by atoms with Crippen molar-refractivity contribution in [1.29, 1.82) is 0 Å². The van der Waals surface area contributed by atoms with Gasteiger partial charge in [0.15, 0.2) is 17.3 Å². The lowest BCUT2D eigenvalue weighted by atomic mass is 10.0. The Hall–Kier alpha value is -3.45. The van der Waals surface area contributed by atoms with E-state index in [0.29, 0.717) is 30.6 Å². The van der Waals surface area contributed by atoms with Gasteiger partial charge in [-0.05, 0) is 42.6 Å². The summed E-state index contributed by atoms with van der Waals surface area (Å²) in [5.41, 5.74) is 3.92. The zero-order valence-corrected chi connectivity index (χ0v) is 18.1. The molecule has 2 aliphatic heterocycles. The topological polar surface area (TPSA) is 76.6 Å². The lowest BCUT2D eigenvalue weighted by molar-refractivity contribution is 0.0962. The predicted molar refractivity (Wildman–Crippen MR) is 121 cm³/mol. The molecule has 1 fully saturated rings. The van der Waals surface area contributed by atoms with Crippen LogP contribution in [0.4, 0.5) is 0 Å². The number of hydrogen-bond acceptors (Lipinski definition) is 6. The molecule has 0 radical (unpaired) electrons. The summed E-state index contributed by atoms with van der Waals surface area (Å²) in [6.45, 7) is 3.18. The molecule has 3 heterocycles. The molecule has 1 atom stereocenters. The Morgan fingerprint density at radius 2 is 1.81 bits per heavy atom. The summed E-state index contributed by atoms with van der Waals surface area (Å²) in [6.07, 6.45) is 5.43. The van der Waals surface area contributed by atoms with E-state index in [1.54, 1.807) is 19.4 Å². The van der Waals surface area contributed by atoms with Crippen LogP contribution in [0, 0.1) is 0 Å². The van der Waals surface area contributed by atoms with Gasteiger partial charge in [0.2, 0.25) is 0 Å². The highest BCUT2D eigenvalue weighted by Crippen LogP contribution is 2.38. The molecule has 0 saturated carbocycles. The molecule has 7 heteroatoms. The minimum Gasteiger partial charge on any atom is -0.486 e. The first-order valence-electron chi connectivity index (χ1n) is 11.0. The van der Waals surface area contributed by atoms with Crippen LogP contribution in [-0.2, 0) is 6.54 Å². The fraction of sp³-hybridized carbons (Fsp3) is 0.320. The predicted octanol–water partition coefficient (Wildman–Crippen LogP) is 3.61. The highest BCUT2D eigenvalue weighted by molar-refractivity contribution is 5.93. The molecule has 5 rings (SSSR count). The molecule has 2 aliphatic rings. The average molecular weight is 431 g/mol. The number of benzene rings is 2. The van der Waals surface area contributed by atoms with Gasteiger partial charge in [-0.2, -0.15) is 0 Å². The third-order valence-electron chi connectivity index (χ3n) is 6.05. The SMILES string of the molecule is CNC(=O)c1cnc(-c2ccc(CN3CCC[C@@H]3c3ccc4c(c3)OCCO4)cc2)nc1. The van der Waals surface area contributed by atoms with Gasteiger partial charge < -0.3 is 14.8 Å². The van der Waals surface area contributed by atoms with E-state index in [-0.39, 0.29) is 5.91 Å². The van der Waals surface area contributed by atoms with Gasteiger partial charge in [-0.3, -0.25) is 9.69 Å². The summed E-state index contributed by atoms with van der Waals surface area (Å²) in [4.78, 5) is 22.9. The van der Waals surface area contributed by atoms with Crippen molar-refractivity contribution in [2.45, 2.75) is 25.4 Å². The van der Waals surface area contributed by atoms with Crippen LogP contribution < -0.4 is 14.8 Å². The van der Waals surface area contributed by atoms with E-state index in [9.17, 15) is 4.79 Å². The van der Waals surface area contributed by atoms with Crippen molar-refractivity contribution >= 4 is 5.91 Å². The van der Waals surface area contributed by atoms with Gasteiger partial charge in [0.1, 0.15) is 13.2 Å². The Morgan fingerprint density at radius 1 is 1.06 bits per heavy atom. The molecule has 32 heavy (non-hydrogen) atoms. The largest absolute Gasteiger partial charge is 0.486 e. The molecule has 1 amide bonds. The first kappa shape index (κ1) is 20.5. The Morgan fingerprint density at radius 3 is 2.56 bits per heavy atom. The zero-order chi connectivity index (χ0) is 21.9. The Bertz CT molecular complexity index is 1100. The normalized spacial score (nSPS) is 17.8. The second-order valence-electron chi connectivity index (χ2n) is 8.10. The fourth-order valence-electron chi connectivity index (χ4n) is 4.39. The maximum atomic E-state index is 11.7. The van der Waals surface area contributed by atoms with Crippen LogP contribution >= 0.6 is 0 Å². The lowest BCUT2D eigenvalue weighted by Gasteiger charge is -2.26. The first-order chi connectivity index (χ1) is 15.7. The highest BCUT2D eigenvalue weighted by atomic mass is 16.6. The van der Waals surface area contributed by atoms with E-state index < -0.39 is 0 Å². The van der Waals surface area contributed by atoms with Crippen LogP contribution in [-0.4, -0.2) is 47.6 Å². The third kappa shape index (κ3) is 4.16. The fourth-order valence-corrected chi connectivity index (χ4v) is 4.39. The second-order valence-corrected chi connectivity index (χ2v) is 8.10. The smallest absolute Gasteiger partial charge is 0.254 e. The number of likely N-dealkylation sites (tertiary alicyclic amines) is 1. The number of nitrogens with one attached hydrogen (secondary N) is 1. The van der Waals surface area contributed by atoms with Gasteiger partial charge in [-0.25, -0.2) is 9.97 Å². The quantitative estimate of drug-likeness (QED) is 0.666. The van der Waals surface area contributed by atoms with Gasteiger partial charge in [-0.15, -0.1) is 0 Å². The summed E-state index contributed by atoms with van der Waals surface area (Å²) in [5, 5.41) is 2.58. The maximum Gasteiger partial charge on any atom is 0.254 e. The van der Waals surface area contributed by atoms with Gasteiger partial charge in [-0.1, -0.05) is 30.3 Å². The third-order valence-corrected chi connectivity index (χ3v) is 6.05. The number of carbonyl (C=O) groups excluding carboxylic acids is 1.